The molecule has 4 N–H and O–H groups in total. The maximum Gasteiger partial charge on any atom is 0.251 e. The molecule has 6 nitrogen and oxygen atoms in total. The van der Waals surface area contributed by atoms with Crippen molar-refractivity contribution in [2.45, 2.75) is 13.0 Å². The first-order valence-corrected chi connectivity index (χ1v) is 5.77. The van der Waals surface area contributed by atoms with Crippen molar-refractivity contribution in [2.75, 3.05) is 0 Å². The van der Waals surface area contributed by atoms with E-state index in [0.29, 0.717) is 11.1 Å². The Morgan fingerprint density at radius 3 is 2.42 bits per heavy atom. The monoisotopic (exact) mass is 258 g/mol. The van der Waals surface area contributed by atoms with Gasteiger partial charge in [0.05, 0.1) is 12.2 Å². The molecule has 0 saturated heterocycles. The lowest BCUT2D eigenvalue weighted by molar-refractivity contribution is 0.0937. The van der Waals surface area contributed by atoms with Crippen LogP contribution in [0.1, 0.15) is 39.2 Å². The predicted molar refractivity (Wildman–Crippen MR) is 69.4 cm³/mol. The van der Waals surface area contributed by atoms with E-state index in [2.05, 4.69) is 15.5 Å². The molecule has 0 saturated carbocycles. The van der Waals surface area contributed by atoms with Gasteiger partial charge < -0.3 is 11.1 Å². The highest BCUT2D eigenvalue weighted by Crippen LogP contribution is 2.11. The second kappa shape index (κ2) is 5.34. The van der Waals surface area contributed by atoms with Crippen molar-refractivity contribution in [3.8, 4) is 0 Å². The van der Waals surface area contributed by atoms with Crippen molar-refractivity contribution >= 4 is 11.8 Å². The van der Waals surface area contributed by atoms with Gasteiger partial charge in [0.1, 0.15) is 0 Å². The first-order valence-electron chi connectivity index (χ1n) is 5.77. The van der Waals surface area contributed by atoms with Gasteiger partial charge in [-0.15, -0.1) is 0 Å². The number of aromatic nitrogens is 2. The summed E-state index contributed by atoms with van der Waals surface area (Å²) in [5.41, 5.74) is 6.87. The second-order valence-corrected chi connectivity index (χ2v) is 4.17. The van der Waals surface area contributed by atoms with Gasteiger partial charge >= 0.3 is 0 Å². The Balaban J connectivity index is 2.05. The Hall–Kier alpha value is -2.63. The summed E-state index contributed by atoms with van der Waals surface area (Å²) in [6, 6.07) is 6.04. The summed E-state index contributed by atoms with van der Waals surface area (Å²) in [6.45, 7) is 1.86. The topological polar surface area (TPSA) is 101 Å². The van der Waals surface area contributed by atoms with Gasteiger partial charge in [0.15, 0.2) is 0 Å². The van der Waals surface area contributed by atoms with Crippen LogP contribution in [0.15, 0.2) is 36.7 Å². The molecule has 0 fully saturated rings. The number of nitrogens with zero attached hydrogens (tertiary/aromatic N) is 1. The molecule has 1 aromatic carbocycles. The van der Waals surface area contributed by atoms with Crippen molar-refractivity contribution in [3.63, 3.8) is 0 Å². The third-order valence-corrected chi connectivity index (χ3v) is 2.80. The maximum atomic E-state index is 12.0. The summed E-state index contributed by atoms with van der Waals surface area (Å²) in [6.07, 6.45) is 3.38. The largest absolute Gasteiger partial charge is 0.366 e. The molecule has 2 amide bonds. The molecule has 2 aromatic rings. The number of H-pyrrole nitrogens is 1. The highest BCUT2D eigenvalue weighted by molar-refractivity contribution is 5.97. The zero-order chi connectivity index (χ0) is 13.8. The summed E-state index contributed by atoms with van der Waals surface area (Å²) in [7, 11) is 0. The Labute approximate surface area is 110 Å². The minimum absolute atomic E-state index is 0.151. The summed E-state index contributed by atoms with van der Waals surface area (Å²) in [4.78, 5) is 22.9. The summed E-state index contributed by atoms with van der Waals surface area (Å²) < 4.78 is 0. The number of rotatable bonds is 4. The Bertz CT molecular complexity index is 575. The fourth-order valence-electron chi connectivity index (χ4n) is 1.65. The van der Waals surface area contributed by atoms with Crippen LogP contribution in [-0.2, 0) is 0 Å². The number of nitrogens with one attached hydrogen (secondary N) is 2. The van der Waals surface area contributed by atoms with E-state index < -0.39 is 5.91 Å². The number of primary amides is 1. The Morgan fingerprint density at radius 2 is 1.89 bits per heavy atom. The molecule has 1 atom stereocenters. The van der Waals surface area contributed by atoms with Crippen LogP contribution in [-0.4, -0.2) is 22.0 Å². The fourth-order valence-corrected chi connectivity index (χ4v) is 1.65. The number of carbonyl (C=O) groups excluding carboxylic acids is 2. The molecule has 6 heteroatoms. The molecule has 0 radical (unpaired) electrons. The summed E-state index contributed by atoms with van der Waals surface area (Å²) in [5, 5.41) is 9.35. The molecule has 0 bridgehead atoms. The van der Waals surface area contributed by atoms with Gasteiger partial charge in [0, 0.05) is 22.9 Å². The first-order chi connectivity index (χ1) is 9.08. The van der Waals surface area contributed by atoms with Gasteiger partial charge in [0.25, 0.3) is 5.91 Å². The lowest BCUT2D eigenvalue weighted by atomic mass is 10.1. The van der Waals surface area contributed by atoms with Crippen LogP contribution >= 0.6 is 0 Å². The number of hydrogen-bond acceptors (Lipinski definition) is 3. The van der Waals surface area contributed by atoms with E-state index in [1.807, 2.05) is 6.92 Å². The smallest absolute Gasteiger partial charge is 0.251 e. The molecule has 0 aliphatic carbocycles. The van der Waals surface area contributed by atoms with Crippen LogP contribution < -0.4 is 11.1 Å². The fraction of sp³-hybridized carbons (Fsp3) is 0.154. The molecule has 2 rings (SSSR count). The van der Waals surface area contributed by atoms with Crippen LogP contribution in [0.5, 0.6) is 0 Å². The van der Waals surface area contributed by atoms with E-state index in [1.54, 1.807) is 24.5 Å². The summed E-state index contributed by atoms with van der Waals surface area (Å²) in [5.74, 6) is -0.733. The van der Waals surface area contributed by atoms with E-state index in [1.165, 1.54) is 12.1 Å². The minimum atomic E-state index is -0.515. The normalized spacial score (nSPS) is 11.8. The Kier molecular flexibility index (Phi) is 3.61. The number of carbonyl (C=O) groups is 2. The van der Waals surface area contributed by atoms with E-state index in [0.717, 1.165) is 5.56 Å². The first kappa shape index (κ1) is 12.8. The van der Waals surface area contributed by atoms with Gasteiger partial charge in [-0.05, 0) is 31.2 Å². The molecular weight excluding hydrogens is 244 g/mol. The highest BCUT2D eigenvalue weighted by Gasteiger charge is 2.12. The van der Waals surface area contributed by atoms with Gasteiger partial charge in [-0.3, -0.25) is 14.7 Å². The summed E-state index contributed by atoms with van der Waals surface area (Å²) >= 11 is 0. The SMILES string of the molecule is CC(NC(=O)c1ccc(C(N)=O)cc1)c1cn[nH]c1. The van der Waals surface area contributed by atoms with Crippen molar-refractivity contribution in [2.24, 2.45) is 5.73 Å². The zero-order valence-electron chi connectivity index (χ0n) is 10.4. The van der Waals surface area contributed by atoms with Gasteiger partial charge in [0.2, 0.25) is 5.91 Å². The van der Waals surface area contributed by atoms with Crippen LogP contribution in [0.25, 0.3) is 0 Å². The maximum absolute atomic E-state index is 12.0. The minimum Gasteiger partial charge on any atom is -0.366 e. The average molecular weight is 258 g/mol. The molecule has 0 aliphatic rings. The predicted octanol–water partition coefficient (Wildman–Crippen LogP) is 1.000. The number of aromatic amines is 1. The van der Waals surface area contributed by atoms with E-state index in [9.17, 15) is 9.59 Å². The van der Waals surface area contributed by atoms with Crippen LogP contribution in [0.2, 0.25) is 0 Å². The zero-order valence-corrected chi connectivity index (χ0v) is 10.4. The second-order valence-electron chi connectivity index (χ2n) is 4.17. The standard InChI is InChI=1S/C13H14N4O2/c1-8(11-6-15-16-7-11)17-13(19)10-4-2-9(3-5-10)12(14)18/h2-8H,1H3,(H2,14,18)(H,15,16)(H,17,19). The van der Waals surface area contributed by atoms with Crippen molar-refractivity contribution in [1.29, 1.82) is 0 Å². The van der Waals surface area contributed by atoms with E-state index in [-0.39, 0.29) is 11.9 Å². The molecule has 1 heterocycles. The Morgan fingerprint density at radius 1 is 1.26 bits per heavy atom. The number of hydrogen-bond donors (Lipinski definition) is 3. The molecule has 1 unspecified atom stereocenters. The molecule has 19 heavy (non-hydrogen) atoms. The number of nitrogens with two attached hydrogens (primary N) is 1. The molecule has 1 aromatic heterocycles. The molecular formula is C13H14N4O2. The third-order valence-electron chi connectivity index (χ3n) is 2.80. The highest BCUT2D eigenvalue weighted by atomic mass is 16.2. The number of benzene rings is 1. The van der Waals surface area contributed by atoms with Gasteiger partial charge in [-0.1, -0.05) is 0 Å². The van der Waals surface area contributed by atoms with Crippen LogP contribution in [0.4, 0.5) is 0 Å². The van der Waals surface area contributed by atoms with Crippen molar-refractivity contribution < 1.29 is 9.59 Å². The lowest BCUT2D eigenvalue weighted by Crippen LogP contribution is -2.26. The van der Waals surface area contributed by atoms with Crippen LogP contribution in [0.3, 0.4) is 0 Å². The molecule has 0 spiro atoms. The number of amides is 2. The average Bonchev–Trinajstić information content (AvgIpc) is 2.92. The lowest BCUT2D eigenvalue weighted by Gasteiger charge is -2.12. The van der Waals surface area contributed by atoms with E-state index >= 15 is 0 Å². The third kappa shape index (κ3) is 2.98. The van der Waals surface area contributed by atoms with E-state index in [4.69, 9.17) is 5.73 Å². The molecule has 0 aliphatic heterocycles. The van der Waals surface area contributed by atoms with Crippen LogP contribution in [0, 0.1) is 0 Å². The van der Waals surface area contributed by atoms with Crippen molar-refractivity contribution in [3.05, 3.63) is 53.3 Å². The van der Waals surface area contributed by atoms with Gasteiger partial charge in [-0.25, -0.2) is 0 Å². The van der Waals surface area contributed by atoms with Crippen molar-refractivity contribution in [1.82, 2.24) is 15.5 Å². The molecule has 98 valence electrons. The van der Waals surface area contributed by atoms with Gasteiger partial charge in [-0.2, -0.15) is 5.10 Å². The quantitative estimate of drug-likeness (QED) is 0.762.